The fourth-order valence-corrected chi connectivity index (χ4v) is 1.61. The van der Waals surface area contributed by atoms with Crippen LogP contribution in [0.15, 0.2) is 18.2 Å². The Morgan fingerprint density at radius 1 is 1.57 bits per heavy atom. The molecule has 1 rings (SSSR count). The van der Waals surface area contributed by atoms with Crippen molar-refractivity contribution in [2.24, 2.45) is 0 Å². The van der Waals surface area contributed by atoms with E-state index in [0.29, 0.717) is 5.02 Å². The number of benzene rings is 1. The lowest BCUT2D eigenvalue weighted by Crippen LogP contribution is -2.00. The van der Waals surface area contributed by atoms with Crippen LogP contribution in [-0.2, 0) is 0 Å². The quantitative estimate of drug-likeness (QED) is 0.827. The van der Waals surface area contributed by atoms with E-state index in [9.17, 15) is 0 Å². The van der Waals surface area contributed by atoms with E-state index >= 15 is 0 Å². The van der Waals surface area contributed by atoms with Crippen LogP contribution in [0.5, 0.6) is 0 Å². The van der Waals surface area contributed by atoms with Gasteiger partial charge in [-0.1, -0.05) is 18.5 Å². The van der Waals surface area contributed by atoms with Crippen molar-refractivity contribution in [3.63, 3.8) is 0 Å². The molecule has 1 atom stereocenters. The van der Waals surface area contributed by atoms with Gasteiger partial charge in [0.25, 0.3) is 0 Å². The first-order chi connectivity index (χ1) is 6.72. The van der Waals surface area contributed by atoms with Gasteiger partial charge in [-0.25, -0.2) is 0 Å². The van der Waals surface area contributed by atoms with Crippen LogP contribution in [0.3, 0.4) is 0 Å². The SMILES string of the molecule is CCC(C#N)c1cc(Cl)ccc1NC. The van der Waals surface area contributed by atoms with E-state index in [2.05, 4.69) is 11.4 Å². The summed E-state index contributed by atoms with van der Waals surface area (Å²) < 4.78 is 0. The normalized spacial score (nSPS) is 11.9. The Morgan fingerprint density at radius 3 is 2.79 bits per heavy atom. The van der Waals surface area contributed by atoms with Gasteiger partial charge in [-0.05, 0) is 30.2 Å². The van der Waals surface area contributed by atoms with Crippen molar-refractivity contribution >= 4 is 17.3 Å². The summed E-state index contributed by atoms with van der Waals surface area (Å²) in [6.45, 7) is 1.99. The second kappa shape index (κ2) is 4.88. The molecule has 1 aromatic rings. The van der Waals surface area contributed by atoms with Gasteiger partial charge in [0.05, 0.1) is 12.0 Å². The van der Waals surface area contributed by atoms with E-state index in [1.54, 1.807) is 0 Å². The summed E-state index contributed by atoms with van der Waals surface area (Å²) in [5.41, 5.74) is 1.95. The first kappa shape index (κ1) is 10.9. The molecule has 1 N–H and O–H groups in total. The Hall–Kier alpha value is -1.20. The maximum absolute atomic E-state index is 8.97. The highest BCUT2D eigenvalue weighted by atomic mass is 35.5. The van der Waals surface area contributed by atoms with Crippen LogP contribution in [0.4, 0.5) is 5.69 Å². The molecule has 0 heterocycles. The molecule has 0 saturated carbocycles. The van der Waals surface area contributed by atoms with Crippen LogP contribution in [0.25, 0.3) is 0 Å². The molecular weight excluding hydrogens is 196 g/mol. The molecule has 0 aliphatic rings. The van der Waals surface area contributed by atoms with Gasteiger partial charge in [-0.2, -0.15) is 5.26 Å². The number of nitriles is 1. The summed E-state index contributed by atoms with van der Waals surface area (Å²) >= 11 is 5.89. The molecule has 1 unspecified atom stereocenters. The summed E-state index contributed by atoms with van der Waals surface area (Å²) in [5, 5.41) is 12.7. The third-order valence-corrected chi connectivity index (χ3v) is 2.46. The average Bonchev–Trinajstić information content (AvgIpc) is 2.20. The van der Waals surface area contributed by atoms with Crippen LogP contribution in [0.1, 0.15) is 24.8 Å². The van der Waals surface area contributed by atoms with Gasteiger partial charge >= 0.3 is 0 Å². The number of hydrogen-bond acceptors (Lipinski definition) is 2. The molecule has 3 heteroatoms. The molecule has 0 bridgehead atoms. The minimum Gasteiger partial charge on any atom is -0.388 e. The standard InChI is InChI=1S/C11H13ClN2/c1-3-8(7-13)10-6-9(12)4-5-11(10)14-2/h4-6,8,14H,3H2,1-2H3. The summed E-state index contributed by atoms with van der Waals surface area (Å²) in [5.74, 6) is -0.0869. The predicted molar refractivity (Wildman–Crippen MR) is 59.6 cm³/mol. The van der Waals surface area contributed by atoms with Gasteiger partial charge in [0.2, 0.25) is 0 Å². The second-order valence-corrected chi connectivity index (χ2v) is 3.51. The molecule has 74 valence electrons. The first-order valence-corrected chi connectivity index (χ1v) is 4.97. The fourth-order valence-electron chi connectivity index (χ4n) is 1.43. The van der Waals surface area contributed by atoms with E-state index in [0.717, 1.165) is 17.7 Å². The number of nitrogens with zero attached hydrogens (tertiary/aromatic N) is 1. The largest absolute Gasteiger partial charge is 0.388 e. The summed E-state index contributed by atoms with van der Waals surface area (Å²) in [6, 6.07) is 7.84. The van der Waals surface area contributed by atoms with Crippen LogP contribution >= 0.6 is 11.6 Å². The Morgan fingerprint density at radius 2 is 2.29 bits per heavy atom. The van der Waals surface area contributed by atoms with Crippen molar-refractivity contribution in [2.75, 3.05) is 12.4 Å². The molecular formula is C11H13ClN2. The van der Waals surface area contributed by atoms with Gasteiger partial charge in [0.15, 0.2) is 0 Å². The number of hydrogen-bond donors (Lipinski definition) is 1. The van der Waals surface area contributed by atoms with Crippen molar-refractivity contribution in [3.8, 4) is 6.07 Å². The zero-order chi connectivity index (χ0) is 10.6. The number of halogens is 1. The molecule has 0 amide bonds. The number of anilines is 1. The number of rotatable bonds is 3. The van der Waals surface area contributed by atoms with Crippen molar-refractivity contribution < 1.29 is 0 Å². The van der Waals surface area contributed by atoms with Crippen molar-refractivity contribution in [2.45, 2.75) is 19.3 Å². The molecule has 0 saturated heterocycles. The molecule has 14 heavy (non-hydrogen) atoms. The summed E-state index contributed by atoms with van der Waals surface area (Å²) in [7, 11) is 1.84. The lowest BCUT2D eigenvalue weighted by Gasteiger charge is -2.12. The topological polar surface area (TPSA) is 35.8 Å². The molecule has 0 radical (unpaired) electrons. The van der Waals surface area contributed by atoms with Crippen molar-refractivity contribution in [1.82, 2.24) is 0 Å². The minimum absolute atomic E-state index is 0.0869. The number of nitrogens with one attached hydrogen (secondary N) is 1. The highest BCUT2D eigenvalue weighted by Crippen LogP contribution is 2.29. The maximum atomic E-state index is 8.97. The predicted octanol–water partition coefficient (Wildman–Crippen LogP) is 3.40. The van der Waals surface area contributed by atoms with E-state index in [1.807, 2.05) is 32.2 Å². The highest BCUT2D eigenvalue weighted by Gasteiger charge is 2.12. The second-order valence-electron chi connectivity index (χ2n) is 3.07. The van der Waals surface area contributed by atoms with Crippen LogP contribution in [0, 0.1) is 11.3 Å². The summed E-state index contributed by atoms with van der Waals surface area (Å²) in [6.07, 6.45) is 0.797. The third-order valence-electron chi connectivity index (χ3n) is 2.22. The molecule has 0 fully saturated rings. The fraction of sp³-hybridized carbons (Fsp3) is 0.364. The molecule has 0 spiro atoms. The van der Waals surface area contributed by atoms with E-state index in [4.69, 9.17) is 16.9 Å². The minimum atomic E-state index is -0.0869. The van der Waals surface area contributed by atoms with Crippen molar-refractivity contribution in [3.05, 3.63) is 28.8 Å². The van der Waals surface area contributed by atoms with Crippen LogP contribution in [0.2, 0.25) is 5.02 Å². The lowest BCUT2D eigenvalue weighted by atomic mass is 9.96. The Bertz CT molecular complexity index is 355. The lowest BCUT2D eigenvalue weighted by molar-refractivity contribution is 0.820. The average molecular weight is 209 g/mol. The van der Waals surface area contributed by atoms with Crippen molar-refractivity contribution in [1.29, 1.82) is 5.26 Å². The van der Waals surface area contributed by atoms with Gasteiger partial charge in [0.1, 0.15) is 0 Å². The molecule has 0 aromatic heterocycles. The van der Waals surface area contributed by atoms with Gasteiger partial charge in [-0.15, -0.1) is 0 Å². The van der Waals surface area contributed by atoms with Gasteiger partial charge in [-0.3, -0.25) is 0 Å². The molecule has 2 nitrogen and oxygen atoms in total. The molecule has 1 aromatic carbocycles. The van der Waals surface area contributed by atoms with Crippen LogP contribution in [-0.4, -0.2) is 7.05 Å². The van der Waals surface area contributed by atoms with Crippen LogP contribution < -0.4 is 5.32 Å². The molecule has 0 aliphatic carbocycles. The monoisotopic (exact) mass is 208 g/mol. The van der Waals surface area contributed by atoms with Gasteiger partial charge < -0.3 is 5.32 Å². The zero-order valence-electron chi connectivity index (χ0n) is 8.34. The van der Waals surface area contributed by atoms with E-state index in [1.165, 1.54) is 0 Å². The van der Waals surface area contributed by atoms with Gasteiger partial charge in [0, 0.05) is 17.8 Å². The van der Waals surface area contributed by atoms with E-state index < -0.39 is 0 Å². The zero-order valence-corrected chi connectivity index (χ0v) is 9.10. The van der Waals surface area contributed by atoms with E-state index in [-0.39, 0.29) is 5.92 Å². The Labute approximate surface area is 89.5 Å². The third kappa shape index (κ3) is 2.18. The smallest absolute Gasteiger partial charge is 0.0730 e. The maximum Gasteiger partial charge on any atom is 0.0730 e. The first-order valence-electron chi connectivity index (χ1n) is 4.59. The summed E-state index contributed by atoms with van der Waals surface area (Å²) in [4.78, 5) is 0. The highest BCUT2D eigenvalue weighted by molar-refractivity contribution is 6.30. The molecule has 0 aliphatic heterocycles. The Balaban J connectivity index is 3.16. The Kier molecular flexibility index (Phi) is 3.79.